The summed E-state index contributed by atoms with van der Waals surface area (Å²) in [6.07, 6.45) is 7.44. The zero-order valence-electron chi connectivity index (χ0n) is 14.4. The summed E-state index contributed by atoms with van der Waals surface area (Å²) in [4.78, 5) is 12.7. The molecule has 1 aliphatic heterocycles. The molecule has 2 atom stereocenters. The molecule has 1 aliphatic carbocycles. The van der Waals surface area contributed by atoms with Crippen LogP contribution in [0, 0.1) is 5.92 Å². The summed E-state index contributed by atoms with van der Waals surface area (Å²) >= 11 is 8.14. The molecule has 3 rings (SSSR count). The van der Waals surface area contributed by atoms with Crippen LogP contribution in [0.3, 0.4) is 0 Å². The SMILES string of the molecule is COCC1C(C=O)=C(C)SC1c1ccc(Cl)cc1C1CCCCC1. The number of methoxy groups -OCH3 is 1. The highest BCUT2D eigenvalue weighted by atomic mass is 35.5. The smallest absolute Gasteiger partial charge is 0.147 e. The number of rotatable bonds is 5. The van der Waals surface area contributed by atoms with Crippen molar-refractivity contribution in [2.45, 2.75) is 50.2 Å². The number of thioether (sulfide) groups is 1. The van der Waals surface area contributed by atoms with Gasteiger partial charge in [0.25, 0.3) is 0 Å². The third-order valence-electron chi connectivity index (χ3n) is 5.35. The molecule has 0 aromatic heterocycles. The van der Waals surface area contributed by atoms with E-state index >= 15 is 0 Å². The van der Waals surface area contributed by atoms with Gasteiger partial charge >= 0.3 is 0 Å². The van der Waals surface area contributed by atoms with Crippen LogP contribution < -0.4 is 0 Å². The van der Waals surface area contributed by atoms with Crippen LogP contribution in [0.4, 0.5) is 0 Å². The molecular weight excluding hydrogens is 340 g/mol. The topological polar surface area (TPSA) is 26.3 Å². The summed E-state index contributed by atoms with van der Waals surface area (Å²) < 4.78 is 5.43. The molecule has 1 heterocycles. The van der Waals surface area contributed by atoms with E-state index in [1.165, 1.54) is 43.2 Å². The van der Waals surface area contributed by atoms with Crippen LogP contribution in [0.5, 0.6) is 0 Å². The fourth-order valence-corrected chi connectivity index (χ4v) is 5.77. The van der Waals surface area contributed by atoms with Gasteiger partial charge in [0.2, 0.25) is 0 Å². The maximum Gasteiger partial charge on any atom is 0.147 e. The first-order valence-electron chi connectivity index (χ1n) is 8.76. The molecule has 1 aromatic carbocycles. The number of ether oxygens (including phenoxy) is 1. The fraction of sp³-hybridized carbons (Fsp3) is 0.550. The van der Waals surface area contributed by atoms with E-state index in [9.17, 15) is 4.79 Å². The molecule has 24 heavy (non-hydrogen) atoms. The van der Waals surface area contributed by atoms with Crippen molar-refractivity contribution in [1.82, 2.24) is 0 Å². The van der Waals surface area contributed by atoms with Gasteiger partial charge in [0, 0.05) is 28.9 Å². The highest BCUT2D eigenvalue weighted by molar-refractivity contribution is 8.03. The average molecular weight is 365 g/mol. The Morgan fingerprint density at radius 1 is 1.25 bits per heavy atom. The van der Waals surface area contributed by atoms with Crippen molar-refractivity contribution in [2.24, 2.45) is 5.92 Å². The standard InChI is InChI=1S/C20H25ClO2S/c1-13-18(11-22)19(12-23-2)20(24-13)16-9-8-15(21)10-17(16)14-6-4-3-5-7-14/h8-11,14,19-20H,3-7,12H2,1-2H3. The Morgan fingerprint density at radius 2 is 2.00 bits per heavy atom. The molecule has 4 heteroatoms. The Hall–Kier alpha value is -0.770. The van der Waals surface area contributed by atoms with E-state index in [1.54, 1.807) is 7.11 Å². The highest BCUT2D eigenvalue weighted by Crippen LogP contribution is 2.53. The first-order chi connectivity index (χ1) is 11.7. The maximum absolute atomic E-state index is 11.6. The molecule has 0 spiro atoms. The molecule has 0 bridgehead atoms. The quantitative estimate of drug-likeness (QED) is 0.607. The Morgan fingerprint density at radius 3 is 2.67 bits per heavy atom. The first-order valence-corrected chi connectivity index (χ1v) is 10.0. The van der Waals surface area contributed by atoms with Crippen LogP contribution in [-0.4, -0.2) is 20.0 Å². The molecule has 0 saturated heterocycles. The van der Waals surface area contributed by atoms with E-state index in [0.717, 1.165) is 21.8 Å². The van der Waals surface area contributed by atoms with E-state index in [0.29, 0.717) is 12.5 Å². The van der Waals surface area contributed by atoms with Gasteiger partial charge in [-0.25, -0.2) is 0 Å². The molecule has 0 radical (unpaired) electrons. The lowest BCUT2D eigenvalue weighted by Crippen LogP contribution is -2.18. The number of carbonyl (C=O) groups excluding carboxylic acids is 1. The summed E-state index contributed by atoms with van der Waals surface area (Å²) in [5, 5.41) is 1.06. The Labute approximate surface area is 154 Å². The van der Waals surface area contributed by atoms with Crippen molar-refractivity contribution in [3.05, 3.63) is 44.8 Å². The molecule has 2 nitrogen and oxygen atoms in total. The summed E-state index contributed by atoms with van der Waals surface area (Å²) in [5.74, 6) is 0.720. The van der Waals surface area contributed by atoms with Gasteiger partial charge in [-0.05, 0) is 53.8 Å². The molecule has 2 aliphatic rings. The van der Waals surface area contributed by atoms with E-state index < -0.39 is 0 Å². The van der Waals surface area contributed by atoms with Crippen molar-refractivity contribution in [2.75, 3.05) is 13.7 Å². The van der Waals surface area contributed by atoms with Crippen LogP contribution in [0.25, 0.3) is 0 Å². The molecule has 0 N–H and O–H groups in total. The van der Waals surface area contributed by atoms with Gasteiger partial charge in [-0.1, -0.05) is 36.9 Å². The lowest BCUT2D eigenvalue weighted by Gasteiger charge is -2.28. The van der Waals surface area contributed by atoms with E-state index in [1.807, 2.05) is 24.8 Å². The van der Waals surface area contributed by atoms with Crippen molar-refractivity contribution < 1.29 is 9.53 Å². The van der Waals surface area contributed by atoms with Gasteiger partial charge in [-0.2, -0.15) is 0 Å². The van der Waals surface area contributed by atoms with E-state index in [-0.39, 0.29) is 11.2 Å². The summed E-state index contributed by atoms with van der Waals surface area (Å²) in [7, 11) is 1.71. The number of benzene rings is 1. The Balaban J connectivity index is 1.98. The van der Waals surface area contributed by atoms with Gasteiger partial charge in [0.1, 0.15) is 6.29 Å². The van der Waals surface area contributed by atoms with Crippen LogP contribution in [0.1, 0.15) is 61.3 Å². The first kappa shape index (κ1) is 18.0. The predicted molar refractivity (Wildman–Crippen MR) is 102 cm³/mol. The normalized spacial score (nSPS) is 25.3. The Bertz CT molecular complexity index is 635. The second kappa shape index (κ2) is 8.07. The second-order valence-electron chi connectivity index (χ2n) is 6.84. The highest BCUT2D eigenvalue weighted by Gasteiger charge is 2.37. The lowest BCUT2D eigenvalue weighted by molar-refractivity contribution is -0.105. The van der Waals surface area contributed by atoms with Gasteiger partial charge in [0.05, 0.1) is 6.61 Å². The summed E-state index contributed by atoms with van der Waals surface area (Å²) in [6, 6.07) is 6.32. The third kappa shape index (κ3) is 3.58. The van der Waals surface area contributed by atoms with Gasteiger partial charge in [-0.3, -0.25) is 4.79 Å². The van der Waals surface area contributed by atoms with Crippen LogP contribution >= 0.6 is 23.4 Å². The van der Waals surface area contributed by atoms with Crippen molar-refractivity contribution >= 4 is 29.6 Å². The minimum absolute atomic E-state index is 0.126. The molecular formula is C20H25ClO2S. The van der Waals surface area contributed by atoms with Crippen LogP contribution in [0.2, 0.25) is 5.02 Å². The number of hydrogen-bond acceptors (Lipinski definition) is 3. The number of hydrogen-bond donors (Lipinski definition) is 0. The molecule has 0 amide bonds. The summed E-state index contributed by atoms with van der Waals surface area (Å²) in [5.41, 5.74) is 3.63. The zero-order chi connectivity index (χ0) is 17.1. The van der Waals surface area contributed by atoms with Crippen molar-refractivity contribution in [3.8, 4) is 0 Å². The van der Waals surface area contributed by atoms with Gasteiger partial charge < -0.3 is 4.74 Å². The number of carbonyl (C=O) groups is 1. The lowest BCUT2D eigenvalue weighted by atomic mass is 9.79. The van der Waals surface area contributed by atoms with E-state index in [2.05, 4.69) is 12.1 Å². The molecule has 130 valence electrons. The fourth-order valence-electron chi connectivity index (χ4n) is 4.14. The monoisotopic (exact) mass is 364 g/mol. The van der Waals surface area contributed by atoms with Crippen molar-refractivity contribution in [1.29, 1.82) is 0 Å². The molecule has 2 unspecified atom stereocenters. The minimum Gasteiger partial charge on any atom is -0.384 e. The second-order valence-corrected chi connectivity index (χ2v) is 8.63. The number of allylic oxidation sites excluding steroid dienone is 1. The van der Waals surface area contributed by atoms with Crippen LogP contribution in [0.15, 0.2) is 28.7 Å². The molecule has 1 aromatic rings. The number of aldehydes is 1. The van der Waals surface area contributed by atoms with E-state index in [4.69, 9.17) is 16.3 Å². The molecule has 1 saturated carbocycles. The largest absolute Gasteiger partial charge is 0.384 e. The van der Waals surface area contributed by atoms with Gasteiger partial charge in [0.15, 0.2) is 0 Å². The molecule has 1 fully saturated rings. The third-order valence-corrected chi connectivity index (χ3v) is 7.01. The summed E-state index contributed by atoms with van der Waals surface area (Å²) in [6.45, 7) is 2.63. The number of halogens is 1. The zero-order valence-corrected chi connectivity index (χ0v) is 16.0. The maximum atomic E-state index is 11.6. The Kier molecular flexibility index (Phi) is 6.07. The average Bonchev–Trinajstić information content (AvgIpc) is 2.91. The van der Waals surface area contributed by atoms with Crippen molar-refractivity contribution in [3.63, 3.8) is 0 Å². The van der Waals surface area contributed by atoms with Gasteiger partial charge in [-0.15, -0.1) is 11.8 Å². The predicted octanol–water partition coefficient (Wildman–Crippen LogP) is 5.91. The minimum atomic E-state index is 0.126. The van der Waals surface area contributed by atoms with Crippen LogP contribution in [-0.2, 0) is 9.53 Å².